The number of hydrogen-bond donors (Lipinski definition) is 2. The molecule has 2 N–H and O–H groups in total. The maximum absolute atomic E-state index is 12.7. The molecule has 0 aliphatic carbocycles. The summed E-state index contributed by atoms with van der Waals surface area (Å²) in [4.78, 5) is 24.2. The Balaban J connectivity index is 1.70. The zero-order valence-corrected chi connectivity index (χ0v) is 23.2. The van der Waals surface area contributed by atoms with Crippen LogP contribution < -0.4 is 20.1 Å². The Kier molecular flexibility index (Phi) is 9.57. The summed E-state index contributed by atoms with van der Waals surface area (Å²) in [5.74, 6) is 2.06. The van der Waals surface area contributed by atoms with Crippen LogP contribution in [0.15, 0.2) is 47.6 Å². The molecule has 2 aromatic carbocycles. The first-order valence-corrected chi connectivity index (χ1v) is 13.2. The number of amides is 2. The van der Waals surface area contributed by atoms with Crippen LogP contribution >= 0.6 is 11.8 Å². The summed E-state index contributed by atoms with van der Waals surface area (Å²) in [5, 5.41) is 15.0. The molecule has 0 saturated carbocycles. The van der Waals surface area contributed by atoms with E-state index in [0.717, 1.165) is 11.3 Å². The SMILES string of the molecule is COc1ccc(NC(=O)CSc2nnc(C(C)Oc3ccccc3C(C)C)n2C(C)C)cc1NC(C)=O. The summed E-state index contributed by atoms with van der Waals surface area (Å²) in [6.45, 7) is 11.7. The number of carbonyl (C=O) groups is 2. The molecule has 3 rings (SSSR count). The molecule has 37 heavy (non-hydrogen) atoms. The Bertz CT molecular complexity index is 1240. The molecule has 10 heteroatoms. The van der Waals surface area contributed by atoms with Crippen molar-refractivity contribution in [1.82, 2.24) is 14.8 Å². The Hall–Kier alpha value is -3.53. The first-order valence-electron chi connectivity index (χ1n) is 12.2. The minimum atomic E-state index is -0.329. The van der Waals surface area contributed by atoms with Gasteiger partial charge in [0.25, 0.3) is 0 Å². The minimum absolute atomic E-state index is 0.0729. The summed E-state index contributed by atoms with van der Waals surface area (Å²) >= 11 is 1.31. The number of rotatable bonds is 11. The molecular weight excluding hydrogens is 490 g/mol. The van der Waals surface area contributed by atoms with Crippen molar-refractivity contribution >= 4 is 35.0 Å². The van der Waals surface area contributed by atoms with E-state index < -0.39 is 0 Å². The summed E-state index contributed by atoms with van der Waals surface area (Å²) < 4.78 is 13.6. The maximum Gasteiger partial charge on any atom is 0.234 e. The summed E-state index contributed by atoms with van der Waals surface area (Å²) in [5.41, 5.74) is 2.17. The van der Waals surface area contributed by atoms with E-state index >= 15 is 0 Å². The highest BCUT2D eigenvalue weighted by molar-refractivity contribution is 7.99. The predicted octanol–water partition coefficient (Wildman–Crippen LogP) is 5.82. The molecule has 0 bridgehead atoms. The highest BCUT2D eigenvalue weighted by Crippen LogP contribution is 2.32. The highest BCUT2D eigenvalue weighted by atomic mass is 32.2. The minimum Gasteiger partial charge on any atom is -0.495 e. The number of anilines is 2. The fraction of sp³-hybridized carbons (Fsp3) is 0.407. The van der Waals surface area contributed by atoms with E-state index in [4.69, 9.17) is 9.47 Å². The van der Waals surface area contributed by atoms with Crippen LogP contribution in [0, 0.1) is 0 Å². The number of nitrogens with one attached hydrogen (secondary N) is 2. The van der Waals surface area contributed by atoms with Crippen molar-refractivity contribution in [2.45, 2.75) is 64.8 Å². The van der Waals surface area contributed by atoms with E-state index in [9.17, 15) is 9.59 Å². The van der Waals surface area contributed by atoms with Gasteiger partial charge in [0.2, 0.25) is 11.8 Å². The Morgan fingerprint density at radius 2 is 1.73 bits per heavy atom. The van der Waals surface area contributed by atoms with E-state index in [2.05, 4.69) is 40.7 Å². The van der Waals surface area contributed by atoms with Crippen molar-refractivity contribution < 1.29 is 19.1 Å². The Morgan fingerprint density at radius 1 is 1.00 bits per heavy atom. The van der Waals surface area contributed by atoms with Crippen molar-refractivity contribution in [3.8, 4) is 11.5 Å². The molecule has 0 fully saturated rings. The Morgan fingerprint density at radius 3 is 2.38 bits per heavy atom. The molecule has 3 aromatic rings. The second-order valence-electron chi connectivity index (χ2n) is 9.19. The predicted molar refractivity (Wildman–Crippen MR) is 147 cm³/mol. The lowest BCUT2D eigenvalue weighted by atomic mass is 10.0. The molecule has 9 nitrogen and oxygen atoms in total. The third-order valence-corrected chi connectivity index (χ3v) is 6.49. The number of ether oxygens (including phenoxy) is 2. The topological polar surface area (TPSA) is 107 Å². The molecule has 1 unspecified atom stereocenters. The standard InChI is InChI=1S/C27H35N5O4S/c1-16(2)21-10-8-9-11-23(21)36-18(5)26-30-31-27(32(26)17(3)4)37-15-25(34)29-20-12-13-24(35-7)22(14-20)28-19(6)33/h8-14,16-18H,15H2,1-7H3,(H,28,33)(H,29,34). The van der Waals surface area contributed by atoms with Gasteiger partial charge < -0.3 is 24.7 Å². The van der Waals surface area contributed by atoms with E-state index in [1.165, 1.54) is 25.8 Å². The van der Waals surface area contributed by atoms with E-state index in [1.807, 2.05) is 43.5 Å². The summed E-state index contributed by atoms with van der Waals surface area (Å²) in [7, 11) is 1.52. The lowest BCUT2D eigenvalue weighted by Gasteiger charge is -2.21. The zero-order chi connectivity index (χ0) is 27.1. The van der Waals surface area contributed by atoms with Crippen molar-refractivity contribution in [1.29, 1.82) is 0 Å². The fourth-order valence-corrected chi connectivity index (χ4v) is 4.73. The van der Waals surface area contributed by atoms with Crippen LogP contribution in [0.5, 0.6) is 11.5 Å². The average Bonchev–Trinajstić information content (AvgIpc) is 3.27. The van der Waals surface area contributed by atoms with Crippen molar-refractivity contribution in [2.24, 2.45) is 0 Å². The van der Waals surface area contributed by atoms with Crippen LogP contribution in [0.25, 0.3) is 0 Å². The van der Waals surface area contributed by atoms with Crippen LogP contribution in [0.1, 0.15) is 71.0 Å². The number of carbonyl (C=O) groups excluding carboxylic acids is 2. The van der Waals surface area contributed by atoms with Gasteiger partial charge in [-0.1, -0.05) is 43.8 Å². The third-order valence-electron chi connectivity index (χ3n) is 5.54. The van der Waals surface area contributed by atoms with Gasteiger partial charge in [0.1, 0.15) is 11.5 Å². The quantitative estimate of drug-likeness (QED) is 0.304. The molecular formula is C27H35N5O4S. The van der Waals surface area contributed by atoms with Crippen LogP contribution in [-0.2, 0) is 9.59 Å². The van der Waals surface area contributed by atoms with Gasteiger partial charge in [0.15, 0.2) is 17.1 Å². The van der Waals surface area contributed by atoms with E-state index in [0.29, 0.717) is 34.0 Å². The number of aromatic nitrogens is 3. The third kappa shape index (κ3) is 7.25. The highest BCUT2D eigenvalue weighted by Gasteiger charge is 2.23. The molecule has 198 valence electrons. The number of methoxy groups -OCH3 is 1. The van der Waals surface area contributed by atoms with E-state index in [1.54, 1.807) is 18.2 Å². The smallest absolute Gasteiger partial charge is 0.234 e. The second-order valence-corrected chi connectivity index (χ2v) is 10.1. The molecule has 0 spiro atoms. The van der Waals surface area contributed by atoms with Gasteiger partial charge in [-0.3, -0.25) is 9.59 Å². The van der Waals surface area contributed by atoms with Crippen molar-refractivity contribution in [3.05, 3.63) is 53.9 Å². The van der Waals surface area contributed by atoms with Crippen LogP contribution in [0.3, 0.4) is 0 Å². The summed E-state index contributed by atoms with van der Waals surface area (Å²) in [6, 6.07) is 13.2. The monoisotopic (exact) mass is 525 g/mol. The van der Waals surface area contributed by atoms with Gasteiger partial charge in [-0.2, -0.15) is 0 Å². The lowest BCUT2D eigenvalue weighted by Crippen LogP contribution is -2.17. The van der Waals surface area contributed by atoms with E-state index in [-0.39, 0.29) is 29.7 Å². The zero-order valence-electron chi connectivity index (χ0n) is 22.4. The Labute approximate surface area is 222 Å². The molecule has 1 atom stereocenters. The number of hydrogen-bond acceptors (Lipinski definition) is 7. The van der Waals surface area contributed by atoms with Gasteiger partial charge in [-0.05, 0) is 56.5 Å². The number of benzene rings is 2. The molecule has 0 radical (unpaired) electrons. The maximum atomic E-state index is 12.7. The van der Waals surface area contributed by atoms with Gasteiger partial charge >= 0.3 is 0 Å². The molecule has 0 saturated heterocycles. The van der Waals surface area contributed by atoms with Crippen LogP contribution in [0.2, 0.25) is 0 Å². The van der Waals surface area contributed by atoms with Crippen molar-refractivity contribution in [3.63, 3.8) is 0 Å². The average molecular weight is 526 g/mol. The molecule has 2 amide bonds. The van der Waals surface area contributed by atoms with Gasteiger partial charge in [-0.25, -0.2) is 0 Å². The molecule has 1 aromatic heterocycles. The largest absolute Gasteiger partial charge is 0.495 e. The first kappa shape index (κ1) is 28.0. The summed E-state index contributed by atoms with van der Waals surface area (Å²) in [6.07, 6.45) is -0.329. The normalized spacial score (nSPS) is 11.9. The fourth-order valence-electron chi connectivity index (χ4n) is 3.86. The van der Waals surface area contributed by atoms with Crippen molar-refractivity contribution in [2.75, 3.05) is 23.5 Å². The first-order chi connectivity index (χ1) is 17.6. The van der Waals surface area contributed by atoms with Gasteiger partial charge in [0, 0.05) is 18.7 Å². The lowest BCUT2D eigenvalue weighted by molar-refractivity contribution is -0.114. The van der Waals surface area contributed by atoms with Gasteiger partial charge in [-0.15, -0.1) is 10.2 Å². The molecule has 1 heterocycles. The molecule has 0 aliphatic heterocycles. The number of nitrogens with zero attached hydrogens (tertiary/aromatic N) is 3. The van der Waals surface area contributed by atoms with Crippen LogP contribution in [-0.4, -0.2) is 39.4 Å². The second kappa shape index (κ2) is 12.6. The van der Waals surface area contributed by atoms with Gasteiger partial charge in [0.05, 0.1) is 18.6 Å². The number of thioether (sulfide) groups is 1. The van der Waals surface area contributed by atoms with Crippen LogP contribution in [0.4, 0.5) is 11.4 Å². The molecule has 0 aliphatic rings. The number of para-hydroxylation sites is 1.